The molecular formula is C137H122N4. The summed E-state index contributed by atoms with van der Waals surface area (Å²) in [5.74, 6) is 0. The van der Waals surface area contributed by atoms with Crippen LogP contribution in [-0.2, 0) is 27.1 Å². The lowest BCUT2D eigenvalue weighted by atomic mass is 9.67. The van der Waals surface area contributed by atoms with E-state index in [1.165, 1.54) is 222 Å². The van der Waals surface area contributed by atoms with E-state index in [4.69, 9.17) is 0 Å². The van der Waals surface area contributed by atoms with Crippen molar-refractivity contribution in [1.29, 1.82) is 0 Å². The first-order valence-corrected chi connectivity index (χ1v) is 50.1. The van der Waals surface area contributed by atoms with Crippen LogP contribution in [0.3, 0.4) is 0 Å². The van der Waals surface area contributed by atoms with E-state index in [2.05, 4.69) is 556 Å². The van der Waals surface area contributed by atoms with E-state index in [-0.39, 0.29) is 16.2 Å². The smallest absolute Gasteiger partial charge is 0.0714 e. The van der Waals surface area contributed by atoms with Crippen LogP contribution in [0.2, 0.25) is 0 Å². The van der Waals surface area contributed by atoms with Crippen LogP contribution in [-0.4, -0.2) is 9.13 Å². The molecule has 0 saturated heterocycles. The van der Waals surface area contributed by atoms with Gasteiger partial charge >= 0.3 is 0 Å². The van der Waals surface area contributed by atoms with Crippen molar-refractivity contribution in [3.63, 3.8) is 0 Å². The summed E-state index contributed by atoms with van der Waals surface area (Å²) in [6, 6.07) is 156. The van der Waals surface area contributed by atoms with Gasteiger partial charge in [-0.1, -0.05) is 399 Å². The van der Waals surface area contributed by atoms with Crippen LogP contribution < -0.4 is 9.80 Å². The third-order valence-corrected chi connectivity index (χ3v) is 30.4. The molecule has 0 bridgehead atoms. The second kappa shape index (κ2) is 35.1. The first kappa shape index (κ1) is 90.5. The summed E-state index contributed by atoms with van der Waals surface area (Å²) in [7, 11) is 0. The monoisotopic (exact) mass is 1820 g/mol. The van der Waals surface area contributed by atoms with Crippen molar-refractivity contribution in [2.45, 2.75) is 152 Å². The minimum atomic E-state index is -0.492. The van der Waals surface area contributed by atoms with Crippen LogP contribution in [0.5, 0.6) is 0 Å². The second-order valence-corrected chi connectivity index (χ2v) is 43.1. The standard InChI is InChI=1S/C79H80N2.C58H42N2/c1-51-16-28-62(29-17-51)79(72-46-52(2)18-43-70(72)71-44-19-53(3)47-73(71)79)63-32-41-69(42-33-63)81(75-55(5)49-65(50-56(75)6)78(13,14)15)68-39-26-60(27-40-68)59-24-37-67(38-25-59)80(74-45-34-64(48-54(74)4)77(10,11)12)66-35-22-58(23-36-66)57-20-30-61(31-21-57)76(7,8)9;1-37-16-24-42(25-17-37)58(52-34-38(2)18-31-46(52)47-32-19-39(3)35-53(47)58)43-26-33-57-51(36-43)50-12-6-9-15-56(50)60(57)45-29-22-41(23-30-45)40-20-27-44(28-21-40)59-54-13-7-4-10-48(54)49-11-5-8-14-55(49)59/h16-50H,1-15H3;4-36H,1-3H3. The van der Waals surface area contributed by atoms with Crippen molar-refractivity contribution < 1.29 is 0 Å². The Balaban J connectivity index is 0.000000169. The van der Waals surface area contributed by atoms with E-state index in [0.29, 0.717) is 0 Å². The summed E-state index contributed by atoms with van der Waals surface area (Å²) in [5.41, 5.74) is 51.5. The molecule has 0 aliphatic heterocycles. The summed E-state index contributed by atoms with van der Waals surface area (Å²) in [4.78, 5) is 4.89. The summed E-state index contributed by atoms with van der Waals surface area (Å²) >= 11 is 0. The maximum atomic E-state index is 2.49. The third kappa shape index (κ3) is 15.8. The number of rotatable bonds is 15. The largest absolute Gasteiger partial charge is 0.310 e. The molecule has 21 aromatic rings. The number of benzene rings is 19. The van der Waals surface area contributed by atoms with E-state index in [9.17, 15) is 0 Å². The van der Waals surface area contributed by atoms with Gasteiger partial charge in [-0.15, -0.1) is 0 Å². The van der Waals surface area contributed by atoms with Gasteiger partial charge in [0.1, 0.15) is 0 Å². The topological polar surface area (TPSA) is 16.3 Å². The Morgan fingerprint density at radius 1 is 0.206 bits per heavy atom. The molecule has 23 rings (SSSR count). The molecule has 2 aliphatic carbocycles. The van der Waals surface area contributed by atoms with Crippen LogP contribution in [0.4, 0.5) is 34.1 Å². The minimum absolute atomic E-state index is 0.0172. The van der Waals surface area contributed by atoms with Crippen molar-refractivity contribution >= 4 is 77.7 Å². The van der Waals surface area contributed by atoms with Gasteiger partial charge < -0.3 is 18.9 Å². The Morgan fingerprint density at radius 3 is 0.837 bits per heavy atom. The average Bonchev–Trinajstić information content (AvgIpc) is 1.51. The van der Waals surface area contributed by atoms with E-state index in [1.807, 2.05) is 0 Å². The van der Waals surface area contributed by atoms with Crippen molar-refractivity contribution in [2.24, 2.45) is 0 Å². The molecule has 0 spiro atoms. The van der Waals surface area contributed by atoms with Gasteiger partial charge in [0.15, 0.2) is 0 Å². The van der Waals surface area contributed by atoms with E-state index < -0.39 is 10.8 Å². The molecule has 4 nitrogen and oxygen atoms in total. The highest BCUT2D eigenvalue weighted by Gasteiger charge is 2.49. The Labute approximate surface area is 833 Å². The average molecular weight is 1820 g/mol. The molecule has 0 atom stereocenters. The summed E-state index contributed by atoms with van der Waals surface area (Å²) < 4.78 is 4.81. The molecular weight excluding hydrogens is 1700 g/mol. The SMILES string of the molecule is Cc1ccc(C2(c3ccc(N(c4ccc(-c5ccc(N(c6ccc(-c7ccc(C(C)(C)C)cc7)cc6)c6ccc(C(C)(C)C)cc6C)cc5)cc4)c4c(C)cc(C(C)(C)C)cc4C)cc3)c3cc(C)ccc3-c3ccc(C)cc32)cc1.Cc1ccc(C2(c3ccc4c(c3)c3ccccc3n4-c3ccc(-c4ccc(-n5c6ccccc6c6ccccc65)cc4)cc3)c3cc(C)ccc3-c3ccc(C)cc32)cc1. The molecule has 0 unspecified atom stereocenters. The molecule has 690 valence electrons. The van der Waals surface area contributed by atoms with Gasteiger partial charge in [0.05, 0.1) is 38.6 Å². The fourth-order valence-corrected chi connectivity index (χ4v) is 23.0. The Kier molecular flexibility index (Phi) is 22.5. The molecule has 0 amide bonds. The highest BCUT2D eigenvalue weighted by Crippen LogP contribution is 2.60. The maximum Gasteiger partial charge on any atom is 0.0714 e. The predicted octanol–water partition coefficient (Wildman–Crippen LogP) is 36.9. The summed E-state index contributed by atoms with van der Waals surface area (Å²) in [6.45, 7) is 40.7. The summed E-state index contributed by atoms with van der Waals surface area (Å²) in [5, 5.41) is 5.07. The Morgan fingerprint density at radius 2 is 0.482 bits per heavy atom. The highest BCUT2D eigenvalue weighted by molar-refractivity contribution is 6.11. The van der Waals surface area contributed by atoms with Gasteiger partial charge in [-0.25, -0.2) is 0 Å². The number of fused-ring (bicyclic) bond motifs is 12. The lowest BCUT2D eigenvalue weighted by Crippen LogP contribution is -2.29. The number of hydrogen-bond donors (Lipinski definition) is 0. The lowest BCUT2D eigenvalue weighted by molar-refractivity contribution is 0.589. The van der Waals surface area contributed by atoms with E-state index in [0.717, 1.165) is 34.1 Å². The lowest BCUT2D eigenvalue weighted by Gasteiger charge is -2.35. The molecule has 19 aromatic carbocycles. The number of hydrogen-bond acceptors (Lipinski definition) is 2. The molecule has 2 aromatic heterocycles. The van der Waals surface area contributed by atoms with Crippen LogP contribution in [0, 0.1) is 62.3 Å². The molecule has 141 heavy (non-hydrogen) atoms. The normalized spacial score (nSPS) is 13.0. The number of aromatic nitrogens is 2. The third-order valence-electron chi connectivity index (χ3n) is 30.4. The van der Waals surface area contributed by atoms with Crippen molar-refractivity contribution in [2.75, 3.05) is 9.80 Å². The van der Waals surface area contributed by atoms with Crippen molar-refractivity contribution in [1.82, 2.24) is 9.13 Å². The number of nitrogens with zero attached hydrogens (tertiary/aromatic N) is 4. The number of para-hydroxylation sites is 3. The highest BCUT2D eigenvalue weighted by atomic mass is 15.2. The van der Waals surface area contributed by atoms with Gasteiger partial charge in [-0.2, -0.15) is 0 Å². The Bertz CT molecular complexity index is 8230. The van der Waals surface area contributed by atoms with Crippen molar-refractivity contribution in [3.05, 3.63) is 524 Å². The van der Waals surface area contributed by atoms with E-state index >= 15 is 0 Å². The predicted molar refractivity (Wildman–Crippen MR) is 601 cm³/mol. The quantitative estimate of drug-likeness (QED) is 0.102. The Hall–Kier alpha value is -15.6. The molecule has 2 heterocycles. The number of aryl methyl sites for hydroxylation is 9. The molecule has 4 heteroatoms. The molecule has 2 aliphatic rings. The molecule has 0 N–H and O–H groups in total. The van der Waals surface area contributed by atoms with E-state index in [1.54, 1.807) is 0 Å². The van der Waals surface area contributed by atoms with Gasteiger partial charge in [-0.3, -0.25) is 0 Å². The fraction of sp³-hybridized carbons (Fsp3) is 0.168. The van der Waals surface area contributed by atoms with Gasteiger partial charge in [0, 0.05) is 61.4 Å². The second-order valence-electron chi connectivity index (χ2n) is 43.1. The van der Waals surface area contributed by atoms with Gasteiger partial charge in [0.25, 0.3) is 0 Å². The zero-order chi connectivity index (χ0) is 97.5. The molecule has 0 radical (unpaired) electrons. The zero-order valence-electron chi connectivity index (χ0n) is 84.5. The minimum Gasteiger partial charge on any atom is -0.310 e. The first-order chi connectivity index (χ1) is 67.9. The van der Waals surface area contributed by atoms with Crippen LogP contribution in [0.15, 0.2) is 413 Å². The maximum absolute atomic E-state index is 2.49. The first-order valence-electron chi connectivity index (χ1n) is 50.1. The molecule has 0 fully saturated rings. The van der Waals surface area contributed by atoms with Crippen LogP contribution >= 0.6 is 0 Å². The molecule has 0 saturated carbocycles. The van der Waals surface area contributed by atoms with Gasteiger partial charge in [-0.05, 0) is 321 Å². The van der Waals surface area contributed by atoms with Gasteiger partial charge in [0.2, 0.25) is 0 Å². The van der Waals surface area contributed by atoms with Crippen LogP contribution in [0.1, 0.15) is 174 Å². The van der Waals surface area contributed by atoms with Crippen molar-refractivity contribution in [3.8, 4) is 67.0 Å². The zero-order valence-corrected chi connectivity index (χ0v) is 84.5. The fourth-order valence-electron chi connectivity index (χ4n) is 23.0. The van der Waals surface area contributed by atoms with Crippen LogP contribution in [0.25, 0.3) is 111 Å². The summed E-state index contributed by atoms with van der Waals surface area (Å²) in [6.07, 6.45) is 0. The number of anilines is 6.